The number of H-pyrrole nitrogens is 1. The third-order valence-electron chi connectivity index (χ3n) is 2.13. The Labute approximate surface area is 92.5 Å². The third kappa shape index (κ3) is 2.55. The van der Waals surface area contributed by atoms with E-state index >= 15 is 0 Å². The summed E-state index contributed by atoms with van der Waals surface area (Å²) in [7, 11) is 0. The summed E-state index contributed by atoms with van der Waals surface area (Å²) in [6.45, 7) is 0. The zero-order chi connectivity index (χ0) is 10.7. The van der Waals surface area contributed by atoms with Crippen LogP contribution in [0.4, 0.5) is 0 Å². The predicted octanol–water partition coefficient (Wildman–Crippen LogP) is 1.70. The summed E-state index contributed by atoms with van der Waals surface area (Å²) < 4.78 is 0. The number of aromatic nitrogens is 3. The lowest BCUT2D eigenvalue weighted by molar-refractivity contribution is 0.671. The number of nitrogens with zero attached hydrogens (tertiary/aromatic N) is 2. The number of rotatable bonds is 3. The van der Waals surface area contributed by atoms with Gasteiger partial charge in [0.15, 0.2) is 0 Å². The first-order valence-electron chi connectivity index (χ1n) is 4.63. The minimum absolute atomic E-state index is 0.201. The standard InChI is InChI=1S/C10H11ClN4/c11-10-13-9(14-15-10)8(12)6-7-4-2-1-3-5-7/h1-5,8H,6,12H2,(H,13,14,15). The van der Waals surface area contributed by atoms with Gasteiger partial charge in [0.1, 0.15) is 5.82 Å². The molecule has 2 aromatic rings. The van der Waals surface area contributed by atoms with Crippen LogP contribution in [-0.2, 0) is 6.42 Å². The van der Waals surface area contributed by atoms with Crippen LogP contribution in [0, 0.1) is 0 Å². The highest BCUT2D eigenvalue weighted by atomic mass is 35.5. The van der Waals surface area contributed by atoms with Crippen LogP contribution in [0.5, 0.6) is 0 Å². The Morgan fingerprint density at radius 3 is 2.67 bits per heavy atom. The average molecular weight is 223 g/mol. The van der Waals surface area contributed by atoms with E-state index in [0.717, 1.165) is 5.56 Å². The van der Waals surface area contributed by atoms with Gasteiger partial charge in [0.05, 0.1) is 6.04 Å². The minimum Gasteiger partial charge on any atom is -0.321 e. The lowest BCUT2D eigenvalue weighted by atomic mass is 10.1. The molecule has 15 heavy (non-hydrogen) atoms. The Balaban J connectivity index is 2.07. The molecule has 4 nitrogen and oxygen atoms in total. The van der Waals surface area contributed by atoms with Crippen molar-refractivity contribution in [2.75, 3.05) is 0 Å². The summed E-state index contributed by atoms with van der Waals surface area (Å²) in [6.07, 6.45) is 0.715. The fourth-order valence-corrected chi connectivity index (χ4v) is 1.52. The van der Waals surface area contributed by atoms with Gasteiger partial charge < -0.3 is 5.73 Å². The van der Waals surface area contributed by atoms with Crippen molar-refractivity contribution in [2.45, 2.75) is 12.5 Å². The van der Waals surface area contributed by atoms with Gasteiger partial charge in [-0.05, 0) is 23.6 Å². The number of hydrogen-bond donors (Lipinski definition) is 2. The first-order chi connectivity index (χ1) is 7.25. The molecule has 0 aliphatic heterocycles. The van der Waals surface area contributed by atoms with Crippen molar-refractivity contribution < 1.29 is 0 Å². The van der Waals surface area contributed by atoms with Crippen molar-refractivity contribution in [1.29, 1.82) is 0 Å². The summed E-state index contributed by atoms with van der Waals surface area (Å²) in [6, 6.07) is 9.79. The van der Waals surface area contributed by atoms with E-state index in [1.54, 1.807) is 0 Å². The summed E-state index contributed by atoms with van der Waals surface area (Å²) in [5, 5.41) is 6.64. The van der Waals surface area contributed by atoms with E-state index in [9.17, 15) is 0 Å². The second-order valence-corrected chi connectivity index (χ2v) is 3.62. The zero-order valence-electron chi connectivity index (χ0n) is 8.02. The Morgan fingerprint density at radius 2 is 2.07 bits per heavy atom. The van der Waals surface area contributed by atoms with Gasteiger partial charge in [0.25, 0.3) is 0 Å². The lowest BCUT2D eigenvalue weighted by Gasteiger charge is -2.07. The largest absolute Gasteiger partial charge is 0.321 e. The van der Waals surface area contributed by atoms with Crippen molar-refractivity contribution >= 4 is 11.6 Å². The smallest absolute Gasteiger partial charge is 0.242 e. The Kier molecular flexibility index (Phi) is 2.99. The SMILES string of the molecule is NC(Cc1ccccc1)c1nc(Cl)n[nH]1. The van der Waals surface area contributed by atoms with Crippen LogP contribution in [0.1, 0.15) is 17.4 Å². The van der Waals surface area contributed by atoms with Gasteiger partial charge >= 0.3 is 0 Å². The maximum atomic E-state index is 5.95. The highest BCUT2D eigenvalue weighted by molar-refractivity contribution is 6.28. The first-order valence-corrected chi connectivity index (χ1v) is 5.01. The molecular formula is C10H11ClN4. The van der Waals surface area contributed by atoms with Crippen LogP contribution >= 0.6 is 11.6 Å². The van der Waals surface area contributed by atoms with Gasteiger partial charge in [-0.25, -0.2) is 4.98 Å². The van der Waals surface area contributed by atoms with E-state index in [0.29, 0.717) is 12.2 Å². The van der Waals surface area contributed by atoms with Crippen molar-refractivity contribution in [3.8, 4) is 0 Å². The molecule has 1 aromatic heterocycles. The first kappa shape index (κ1) is 10.1. The van der Waals surface area contributed by atoms with E-state index in [2.05, 4.69) is 15.2 Å². The van der Waals surface area contributed by atoms with Crippen molar-refractivity contribution in [3.05, 3.63) is 47.0 Å². The van der Waals surface area contributed by atoms with E-state index in [1.165, 1.54) is 0 Å². The molecule has 5 heteroatoms. The molecule has 0 amide bonds. The quantitative estimate of drug-likeness (QED) is 0.831. The van der Waals surface area contributed by atoms with Crippen LogP contribution in [0.25, 0.3) is 0 Å². The molecule has 0 saturated heterocycles. The zero-order valence-corrected chi connectivity index (χ0v) is 8.78. The Bertz CT molecular complexity index is 426. The van der Waals surface area contributed by atoms with Gasteiger partial charge in [0, 0.05) is 0 Å². The van der Waals surface area contributed by atoms with E-state index in [4.69, 9.17) is 17.3 Å². The van der Waals surface area contributed by atoms with Gasteiger partial charge in [-0.1, -0.05) is 30.3 Å². The number of halogens is 1. The number of benzene rings is 1. The highest BCUT2D eigenvalue weighted by Gasteiger charge is 2.11. The van der Waals surface area contributed by atoms with Gasteiger partial charge in [-0.2, -0.15) is 0 Å². The second kappa shape index (κ2) is 4.42. The van der Waals surface area contributed by atoms with Crippen LogP contribution in [0.3, 0.4) is 0 Å². The van der Waals surface area contributed by atoms with E-state index < -0.39 is 0 Å². The average Bonchev–Trinajstić information content (AvgIpc) is 2.66. The number of hydrogen-bond acceptors (Lipinski definition) is 3. The molecule has 0 fully saturated rings. The molecule has 0 bridgehead atoms. The summed E-state index contributed by atoms with van der Waals surface area (Å²) in [4.78, 5) is 3.98. The predicted molar refractivity (Wildman–Crippen MR) is 58.5 cm³/mol. The molecule has 0 radical (unpaired) electrons. The minimum atomic E-state index is -0.201. The monoisotopic (exact) mass is 222 g/mol. The van der Waals surface area contributed by atoms with Crippen LogP contribution in [0.2, 0.25) is 5.28 Å². The van der Waals surface area contributed by atoms with Crippen LogP contribution in [-0.4, -0.2) is 15.2 Å². The molecule has 1 atom stereocenters. The van der Waals surface area contributed by atoms with Gasteiger partial charge in [0.2, 0.25) is 5.28 Å². The van der Waals surface area contributed by atoms with Gasteiger partial charge in [-0.3, -0.25) is 5.10 Å². The Hall–Kier alpha value is -1.39. The lowest BCUT2D eigenvalue weighted by Crippen LogP contribution is -2.15. The maximum Gasteiger partial charge on any atom is 0.242 e. The van der Waals surface area contributed by atoms with Crippen LogP contribution < -0.4 is 5.73 Å². The fraction of sp³-hybridized carbons (Fsp3) is 0.200. The normalized spacial score (nSPS) is 12.7. The molecule has 1 aromatic carbocycles. The number of nitrogens with two attached hydrogens (primary N) is 1. The van der Waals surface area contributed by atoms with Crippen molar-refractivity contribution in [2.24, 2.45) is 5.73 Å². The molecule has 0 saturated carbocycles. The van der Waals surface area contributed by atoms with E-state index in [-0.39, 0.29) is 11.3 Å². The molecule has 78 valence electrons. The maximum absolute atomic E-state index is 5.95. The molecule has 0 spiro atoms. The highest BCUT2D eigenvalue weighted by Crippen LogP contribution is 2.13. The molecular weight excluding hydrogens is 212 g/mol. The van der Waals surface area contributed by atoms with Crippen molar-refractivity contribution in [3.63, 3.8) is 0 Å². The fourth-order valence-electron chi connectivity index (χ4n) is 1.38. The molecule has 1 unspecified atom stereocenters. The van der Waals surface area contributed by atoms with Crippen molar-refractivity contribution in [1.82, 2.24) is 15.2 Å². The Morgan fingerprint density at radius 1 is 1.33 bits per heavy atom. The summed E-state index contributed by atoms with van der Waals surface area (Å²) in [5.74, 6) is 0.615. The van der Waals surface area contributed by atoms with E-state index in [1.807, 2.05) is 30.3 Å². The molecule has 3 N–H and O–H groups in total. The topological polar surface area (TPSA) is 67.6 Å². The molecule has 0 aliphatic rings. The summed E-state index contributed by atoms with van der Waals surface area (Å²) in [5.41, 5.74) is 7.11. The van der Waals surface area contributed by atoms with Crippen LogP contribution in [0.15, 0.2) is 30.3 Å². The third-order valence-corrected chi connectivity index (χ3v) is 2.29. The molecule has 1 heterocycles. The molecule has 2 rings (SSSR count). The molecule has 0 aliphatic carbocycles. The number of nitrogens with one attached hydrogen (secondary N) is 1. The number of aromatic amines is 1. The second-order valence-electron chi connectivity index (χ2n) is 3.29. The summed E-state index contributed by atoms with van der Waals surface area (Å²) >= 11 is 5.60. The van der Waals surface area contributed by atoms with Gasteiger partial charge in [-0.15, -0.1) is 5.10 Å².